The summed E-state index contributed by atoms with van der Waals surface area (Å²) in [7, 11) is 3.29. The van der Waals surface area contributed by atoms with Crippen molar-refractivity contribution in [2.75, 3.05) is 14.2 Å². The van der Waals surface area contributed by atoms with Gasteiger partial charge in [0, 0.05) is 24.9 Å². The van der Waals surface area contributed by atoms with Gasteiger partial charge in [-0.15, -0.1) is 0 Å². The van der Waals surface area contributed by atoms with E-state index in [-0.39, 0.29) is 23.7 Å². The maximum atomic E-state index is 12.2. The maximum Gasteiger partial charge on any atom is 0.162 e. The lowest BCUT2D eigenvalue weighted by Crippen LogP contribution is -2.09. The number of aromatic hydroxyl groups is 2. The molecule has 0 saturated heterocycles. The molecule has 6 heteroatoms. The number of carbonyl (C=O) groups is 2. The lowest BCUT2D eigenvalue weighted by Gasteiger charge is -2.12. The second kappa shape index (κ2) is 13.5. The molecule has 0 bridgehead atoms. The van der Waals surface area contributed by atoms with E-state index in [1.165, 1.54) is 7.11 Å². The van der Waals surface area contributed by atoms with E-state index < -0.39 is 0 Å². The molecule has 6 nitrogen and oxygen atoms in total. The molecule has 0 unspecified atom stereocenters. The molecule has 0 atom stereocenters. The van der Waals surface area contributed by atoms with Crippen LogP contribution in [0.2, 0.25) is 0 Å². The van der Waals surface area contributed by atoms with Gasteiger partial charge in [-0.3, -0.25) is 9.59 Å². The van der Waals surface area contributed by atoms with Crippen LogP contribution in [0.25, 0.3) is 0 Å². The van der Waals surface area contributed by atoms with Crippen LogP contribution >= 0.6 is 0 Å². The van der Waals surface area contributed by atoms with Gasteiger partial charge in [0.1, 0.15) is 17.3 Å². The number of aryl methyl sites for hydroxylation is 2. The van der Waals surface area contributed by atoms with E-state index in [0.717, 1.165) is 48.8 Å². The topological polar surface area (TPSA) is 95.9 Å². The summed E-state index contributed by atoms with van der Waals surface area (Å²) in [5, 5.41) is 22.6. The van der Waals surface area contributed by atoms with Crippen LogP contribution in [-0.4, -0.2) is 35.9 Å². The first-order valence-corrected chi connectivity index (χ1v) is 11.3. The van der Waals surface area contributed by atoms with E-state index in [0.29, 0.717) is 37.3 Å². The highest BCUT2D eigenvalue weighted by Crippen LogP contribution is 2.32. The molecule has 0 amide bonds. The zero-order chi connectivity index (χ0) is 23.3. The molecule has 0 fully saturated rings. The van der Waals surface area contributed by atoms with Crippen molar-refractivity contribution >= 4 is 11.6 Å². The van der Waals surface area contributed by atoms with Gasteiger partial charge < -0.3 is 20.3 Å². The highest BCUT2D eigenvalue weighted by molar-refractivity contribution is 5.99. The Labute approximate surface area is 190 Å². The van der Waals surface area contributed by atoms with Gasteiger partial charge in [-0.1, -0.05) is 31.0 Å². The standard InChI is InChI=1S/C26H35NO5/c1-27-18-21-14-20(16-25(32-2)26(21)31)12-13-24(30)17-23(29)10-6-4-3-5-8-19-9-7-11-22(28)15-19/h7,9,11,14-16,27-28,31H,3-6,8,10,12-13,17-18H2,1-2H3. The first-order valence-electron chi connectivity index (χ1n) is 11.3. The fourth-order valence-electron chi connectivity index (χ4n) is 3.75. The molecular weight excluding hydrogens is 406 g/mol. The molecule has 0 aliphatic heterocycles. The summed E-state index contributed by atoms with van der Waals surface area (Å²) in [5.74, 6) is 0.735. The third kappa shape index (κ3) is 8.71. The number of ketones is 2. The molecule has 0 aliphatic rings. The first-order chi connectivity index (χ1) is 15.4. The SMILES string of the molecule is CNCc1cc(CCC(=O)CC(=O)CCCCCCc2cccc(O)c2)cc(OC)c1O. The monoisotopic (exact) mass is 441 g/mol. The highest BCUT2D eigenvalue weighted by Gasteiger charge is 2.13. The number of rotatable bonds is 15. The van der Waals surface area contributed by atoms with Gasteiger partial charge in [0.15, 0.2) is 11.5 Å². The Hall–Kier alpha value is -2.86. The summed E-state index contributed by atoms with van der Waals surface area (Å²) in [6.07, 6.45) is 5.95. The van der Waals surface area contributed by atoms with E-state index in [2.05, 4.69) is 5.32 Å². The smallest absolute Gasteiger partial charge is 0.162 e. The van der Waals surface area contributed by atoms with Crippen LogP contribution in [0, 0.1) is 0 Å². The number of phenolic OH excluding ortho intramolecular Hbond substituents is 2. The third-order valence-corrected chi connectivity index (χ3v) is 5.47. The van der Waals surface area contributed by atoms with Crippen molar-refractivity contribution in [3.63, 3.8) is 0 Å². The molecule has 174 valence electrons. The van der Waals surface area contributed by atoms with Gasteiger partial charge in [-0.05, 0) is 62.1 Å². The summed E-state index contributed by atoms with van der Waals surface area (Å²) < 4.78 is 5.22. The Morgan fingerprint density at radius 2 is 1.66 bits per heavy atom. The number of benzene rings is 2. The van der Waals surface area contributed by atoms with Crippen molar-refractivity contribution in [1.82, 2.24) is 5.32 Å². The Kier molecular flexibility index (Phi) is 10.7. The number of methoxy groups -OCH3 is 1. The molecule has 0 spiro atoms. The molecule has 0 aliphatic carbocycles. The van der Waals surface area contributed by atoms with Gasteiger partial charge in [-0.2, -0.15) is 0 Å². The normalized spacial score (nSPS) is 10.8. The summed E-state index contributed by atoms with van der Waals surface area (Å²) >= 11 is 0. The molecule has 3 N–H and O–H groups in total. The van der Waals surface area contributed by atoms with E-state index in [4.69, 9.17) is 4.74 Å². The summed E-state index contributed by atoms with van der Waals surface area (Å²) in [4.78, 5) is 24.4. The van der Waals surface area contributed by atoms with Crippen LogP contribution in [0.15, 0.2) is 36.4 Å². The van der Waals surface area contributed by atoms with Gasteiger partial charge in [0.2, 0.25) is 0 Å². The molecule has 0 heterocycles. The maximum absolute atomic E-state index is 12.2. The second-order valence-corrected chi connectivity index (χ2v) is 8.17. The number of carbonyl (C=O) groups excluding carboxylic acids is 2. The van der Waals surface area contributed by atoms with Crippen LogP contribution in [0.4, 0.5) is 0 Å². The second-order valence-electron chi connectivity index (χ2n) is 8.17. The van der Waals surface area contributed by atoms with Crippen molar-refractivity contribution < 1.29 is 24.5 Å². The average molecular weight is 442 g/mol. The Morgan fingerprint density at radius 1 is 0.906 bits per heavy atom. The number of hydrogen-bond donors (Lipinski definition) is 3. The van der Waals surface area contributed by atoms with Crippen molar-refractivity contribution in [2.45, 2.75) is 64.3 Å². The van der Waals surface area contributed by atoms with Crippen LogP contribution in [-0.2, 0) is 29.0 Å². The highest BCUT2D eigenvalue weighted by atomic mass is 16.5. The fraction of sp³-hybridized carbons (Fsp3) is 0.462. The van der Waals surface area contributed by atoms with Crippen LogP contribution in [0.3, 0.4) is 0 Å². The van der Waals surface area contributed by atoms with Gasteiger partial charge >= 0.3 is 0 Å². The molecule has 0 radical (unpaired) electrons. The van der Waals surface area contributed by atoms with Gasteiger partial charge in [0.05, 0.1) is 13.5 Å². The minimum atomic E-state index is -0.0545. The van der Waals surface area contributed by atoms with E-state index in [1.54, 1.807) is 25.2 Å². The summed E-state index contributed by atoms with van der Waals surface area (Å²) in [6.45, 7) is 0.496. The average Bonchev–Trinajstić information content (AvgIpc) is 2.76. The quantitative estimate of drug-likeness (QED) is 0.279. The van der Waals surface area contributed by atoms with Crippen molar-refractivity contribution in [3.8, 4) is 17.2 Å². The zero-order valence-electron chi connectivity index (χ0n) is 19.2. The number of phenols is 2. The van der Waals surface area contributed by atoms with E-state index in [1.807, 2.05) is 18.2 Å². The van der Waals surface area contributed by atoms with Gasteiger partial charge in [0.25, 0.3) is 0 Å². The van der Waals surface area contributed by atoms with Gasteiger partial charge in [-0.25, -0.2) is 0 Å². The van der Waals surface area contributed by atoms with E-state index >= 15 is 0 Å². The minimum absolute atomic E-state index is 0.00198. The summed E-state index contributed by atoms with van der Waals surface area (Å²) in [5.41, 5.74) is 2.74. The molecule has 2 rings (SSSR count). The van der Waals surface area contributed by atoms with Crippen molar-refractivity contribution in [1.29, 1.82) is 0 Å². The van der Waals surface area contributed by atoms with Crippen LogP contribution in [0.5, 0.6) is 17.2 Å². The van der Waals surface area contributed by atoms with Crippen LogP contribution < -0.4 is 10.1 Å². The zero-order valence-corrected chi connectivity index (χ0v) is 19.2. The van der Waals surface area contributed by atoms with Crippen molar-refractivity contribution in [3.05, 3.63) is 53.1 Å². The minimum Gasteiger partial charge on any atom is -0.508 e. The summed E-state index contributed by atoms with van der Waals surface area (Å²) in [6, 6.07) is 10.9. The number of nitrogens with one attached hydrogen (secondary N) is 1. The number of hydrogen-bond acceptors (Lipinski definition) is 6. The Bertz CT molecular complexity index is 894. The lowest BCUT2D eigenvalue weighted by atomic mass is 9.99. The van der Waals surface area contributed by atoms with Crippen molar-refractivity contribution in [2.24, 2.45) is 0 Å². The largest absolute Gasteiger partial charge is 0.508 e. The Balaban J connectivity index is 1.65. The Morgan fingerprint density at radius 3 is 2.38 bits per heavy atom. The number of ether oxygens (including phenoxy) is 1. The molecule has 2 aromatic rings. The molecule has 2 aromatic carbocycles. The number of Topliss-reactive ketones (excluding diaryl/α,β-unsaturated/α-hetero) is 2. The molecule has 32 heavy (non-hydrogen) atoms. The van der Waals surface area contributed by atoms with Crippen LogP contribution in [0.1, 0.15) is 61.6 Å². The predicted molar refractivity (Wildman–Crippen MR) is 125 cm³/mol. The predicted octanol–water partition coefficient (Wildman–Crippen LogP) is 4.48. The van der Waals surface area contributed by atoms with E-state index in [9.17, 15) is 19.8 Å². The number of unbranched alkanes of at least 4 members (excludes halogenated alkanes) is 3. The molecule has 0 saturated carbocycles. The molecule has 0 aromatic heterocycles. The molecular formula is C26H35NO5. The fourth-order valence-corrected chi connectivity index (χ4v) is 3.75. The first kappa shape index (κ1) is 25.4. The third-order valence-electron chi connectivity index (χ3n) is 5.47. The lowest BCUT2D eigenvalue weighted by molar-refractivity contribution is -0.127.